The molecule has 214 valence electrons. The summed E-state index contributed by atoms with van der Waals surface area (Å²) in [6, 6.07) is 25.7. The molecule has 0 aliphatic carbocycles. The summed E-state index contributed by atoms with van der Waals surface area (Å²) >= 11 is 0. The summed E-state index contributed by atoms with van der Waals surface area (Å²) < 4.78 is 31.0. The second kappa shape index (κ2) is 12.1. The van der Waals surface area contributed by atoms with Crippen molar-refractivity contribution in [1.82, 2.24) is 0 Å². The van der Waals surface area contributed by atoms with Gasteiger partial charge in [-0.25, -0.2) is 0 Å². The van der Waals surface area contributed by atoms with Crippen LogP contribution in [0, 0.1) is 0 Å². The smallest absolute Gasteiger partial charge is 0.192 e. The summed E-state index contributed by atoms with van der Waals surface area (Å²) in [5, 5.41) is 11.1. The summed E-state index contributed by atoms with van der Waals surface area (Å²) in [5.41, 5.74) is 1.89. The van der Waals surface area contributed by atoms with E-state index in [2.05, 4.69) is 46.0 Å². The fraction of sp³-hybridized carbons (Fsp3) is 0.438. The van der Waals surface area contributed by atoms with E-state index in [4.69, 9.17) is 23.4 Å². The molecule has 0 radical (unpaired) electrons. The summed E-state index contributed by atoms with van der Waals surface area (Å²) in [6.07, 6.45) is -1.68. The van der Waals surface area contributed by atoms with E-state index < -0.39 is 32.2 Å². The predicted octanol–water partition coefficient (Wildman–Crippen LogP) is 5.12. The van der Waals surface area contributed by atoms with Crippen LogP contribution in [0.15, 0.2) is 78.9 Å². The lowest BCUT2D eigenvalue weighted by Gasteiger charge is -2.41. The van der Waals surface area contributed by atoms with Gasteiger partial charge in [0.15, 0.2) is 8.32 Å². The lowest BCUT2D eigenvalue weighted by Crippen LogP contribution is -2.50. The minimum atomic E-state index is -2.19. The fourth-order valence-electron chi connectivity index (χ4n) is 5.00. The number of ether oxygens (including phenoxy) is 4. The first kappa shape index (κ1) is 30.3. The number of aliphatic hydroxyl groups excluding tert-OH is 1. The standard InChI is InChI=1S/C32H43BO6Si/c1-31(2,3)40(6,7)39-29-27(38-30(33)28(29)34)21-37-32(22-11-9-8-10-12-22,23-13-17-25(35-4)18-14-23)24-15-19-26(36-5)20-16-24/h8-20,27-30,34H,21,33H2,1-7H3/t27-,28-,29?,30-/m1/s1. The molecule has 4 atom stereocenters. The van der Waals surface area contributed by atoms with Crippen molar-refractivity contribution in [3.8, 4) is 11.5 Å². The summed E-state index contributed by atoms with van der Waals surface area (Å²) in [6.45, 7) is 11.2. The zero-order valence-electron chi connectivity index (χ0n) is 25.0. The Balaban J connectivity index is 1.79. The first-order valence-corrected chi connectivity index (χ1v) is 16.8. The minimum Gasteiger partial charge on any atom is -0.497 e. The van der Waals surface area contributed by atoms with Crippen LogP contribution in [-0.2, 0) is 19.5 Å². The van der Waals surface area contributed by atoms with Crippen molar-refractivity contribution in [2.75, 3.05) is 20.8 Å². The average molecular weight is 563 g/mol. The first-order chi connectivity index (χ1) is 18.9. The van der Waals surface area contributed by atoms with Gasteiger partial charge in [-0.05, 0) is 59.1 Å². The highest BCUT2D eigenvalue weighted by molar-refractivity contribution is 6.74. The topological polar surface area (TPSA) is 66.4 Å². The number of rotatable bonds is 10. The van der Waals surface area contributed by atoms with Crippen LogP contribution in [0.4, 0.5) is 0 Å². The van der Waals surface area contributed by atoms with Gasteiger partial charge < -0.3 is 28.5 Å². The molecule has 3 aromatic carbocycles. The molecule has 0 aromatic heterocycles. The summed E-state index contributed by atoms with van der Waals surface area (Å²) in [5.74, 6) is 1.53. The molecule has 40 heavy (non-hydrogen) atoms. The molecule has 0 saturated carbocycles. The Hall–Kier alpha value is -2.62. The quantitative estimate of drug-likeness (QED) is 0.273. The SMILES string of the molecule is B[C@@H]1O[C@H](COC(c2ccccc2)(c2ccc(OC)cc2)c2ccc(OC)cc2)C(O[Si](C)(C)C(C)(C)C)[C@H]1O. The van der Waals surface area contributed by atoms with Crippen LogP contribution in [0.2, 0.25) is 18.1 Å². The Morgan fingerprint density at radius 2 is 1.27 bits per heavy atom. The average Bonchev–Trinajstić information content (AvgIpc) is 3.21. The van der Waals surface area contributed by atoms with Crippen LogP contribution in [0.25, 0.3) is 0 Å². The Morgan fingerprint density at radius 3 is 1.73 bits per heavy atom. The molecule has 4 rings (SSSR count). The molecule has 1 unspecified atom stereocenters. The molecule has 1 aliphatic rings. The molecule has 0 spiro atoms. The number of aliphatic hydroxyl groups is 1. The van der Waals surface area contributed by atoms with Crippen molar-refractivity contribution in [3.05, 3.63) is 95.6 Å². The molecule has 0 bridgehead atoms. The van der Waals surface area contributed by atoms with Gasteiger partial charge >= 0.3 is 0 Å². The first-order valence-electron chi connectivity index (χ1n) is 13.9. The fourth-order valence-corrected chi connectivity index (χ4v) is 6.32. The van der Waals surface area contributed by atoms with Gasteiger partial charge in [0.05, 0.1) is 32.9 Å². The Bertz CT molecular complexity index is 1180. The van der Waals surface area contributed by atoms with Crippen molar-refractivity contribution >= 4 is 16.2 Å². The molecule has 1 aliphatic heterocycles. The lowest BCUT2D eigenvalue weighted by atomic mass is 9.80. The molecule has 1 fully saturated rings. The van der Waals surface area contributed by atoms with Gasteiger partial charge in [-0.2, -0.15) is 0 Å². The van der Waals surface area contributed by atoms with Crippen molar-refractivity contribution in [2.45, 2.75) is 68.8 Å². The maximum absolute atomic E-state index is 11.1. The number of methoxy groups -OCH3 is 2. The third-order valence-corrected chi connectivity index (χ3v) is 12.9. The van der Waals surface area contributed by atoms with E-state index in [0.717, 1.165) is 28.2 Å². The normalized spacial score (nSPS) is 21.8. The molecule has 0 amide bonds. The molecule has 1 N–H and O–H groups in total. The summed E-state index contributed by atoms with van der Waals surface area (Å²) in [7, 11) is 3.02. The van der Waals surface area contributed by atoms with Gasteiger partial charge in [-0.3, -0.25) is 0 Å². The van der Waals surface area contributed by atoms with Crippen LogP contribution in [0.1, 0.15) is 37.5 Å². The van der Waals surface area contributed by atoms with Gasteiger partial charge in [0.25, 0.3) is 0 Å². The Labute approximate surface area is 241 Å². The van der Waals surface area contributed by atoms with Gasteiger partial charge in [0.2, 0.25) is 0 Å². The van der Waals surface area contributed by atoms with Gasteiger partial charge in [0.1, 0.15) is 37.2 Å². The van der Waals surface area contributed by atoms with Gasteiger partial charge in [-0.1, -0.05) is 75.4 Å². The highest BCUT2D eigenvalue weighted by atomic mass is 28.4. The second-order valence-electron chi connectivity index (χ2n) is 12.0. The van der Waals surface area contributed by atoms with Crippen LogP contribution in [0.5, 0.6) is 11.5 Å². The van der Waals surface area contributed by atoms with Crippen molar-refractivity contribution in [1.29, 1.82) is 0 Å². The summed E-state index contributed by atoms with van der Waals surface area (Å²) in [4.78, 5) is 0. The largest absolute Gasteiger partial charge is 0.497 e. The van der Waals surface area contributed by atoms with Crippen molar-refractivity contribution in [3.63, 3.8) is 0 Å². The van der Waals surface area contributed by atoms with E-state index in [1.807, 2.05) is 74.6 Å². The molecule has 3 aromatic rings. The maximum Gasteiger partial charge on any atom is 0.192 e. The van der Waals surface area contributed by atoms with Crippen LogP contribution in [-0.4, -0.2) is 66.4 Å². The van der Waals surface area contributed by atoms with E-state index >= 15 is 0 Å². The van der Waals surface area contributed by atoms with Crippen molar-refractivity contribution in [2.24, 2.45) is 0 Å². The maximum atomic E-state index is 11.1. The van der Waals surface area contributed by atoms with E-state index in [0.29, 0.717) is 0 Å². The number of benzene rings is 3. The molecule has 6 nitrogen and oxygen atoms in total. The second-order valence-corrected chi connectivity index (χ2v) is 16.8. The van der Waals surface area contributed by atoms with E-state index in [1.165, 1.54) is 0 Å². The van der Waals surface area contributed by atoms with Crippen LogP contribution >= 0.6 is 0 Å². The minimum absolute atomic E-state index is 0.00998. The van der Waals surface area contributed by atoms with E-state index in [-0.39, 0.29) is 17.6 Å². The van der Waals surface area contributed by atoms with E-state index in [9.17, 15) is 5.11 Å². The monoisotopic (exact) mass is 562 g/mol. The third kappa shape index (κ3) is 6.02. The van der Waals surface area contributed by atoms with Gasteiger partial charge in [0, 0.05) is 0 Å². The van der Waals surface area contributed by atoms with Crippen LogP contribution < -0.4 is 9.47 Å². The zero-order chi connectivity index (χ0) is 29.1. The molecular formula is C32H43BO6Si. The molecule has 1 saturated heterocycles. The highest BCUT2D eigenvalue weighted by Gasteiger charge is 2.49. The predicted molar refractivity (Wildman–Crippen MR) is 164 cm³/mol. The molecular weight excluding hydrogens is 519 g/mol. The van der Waals surface area contributed by atoms with E-state index in [1.54, 1.807) is 14.2 Å². The van der Waals surface area contributed by atoms with Gasteiger partial charge in [-0.15, -0.1) is 0 Å². The highest BCUT2D eigenvalue weighted by Crippen LogP contribution is 2.43. The number of hydrogen-bond acceptors (Lipinski definition) is 6. The molecule has 1 heterocycles. The lowest BCUT2D eigenvalue weighted by molar-refractivity contribution is -0.0726. The third-order valence-electron chi connectivity index (χ3n) is 8.45. The molecule has 8 heteroatoms. The Kier molecular flexibility index (Phi) is 9.17. The number of hydrogen-bond donors (Lipinski definition) is 1. The van der Waals surface area contributed by atoms with Crippen LogP contribution in [0.3, 0.4) is 0 Å². The van der Waals surface area contributed by atoms with Crippen molar-refractivity contribution < 1.29 is 28.5 Å². The zero-order valence-corrected chi connectivity index (χ0v) is 26.0. The Morgan fingerprint density at radius 1 is 0.800 bits per heavy atom.